The molecule has 0 bridgehead atoms. The Morgan fingerprint density at radius 1 is 1.03 bits per heavy atom. The van der Waals surface area contributed by atoms with Crippen LogP contribution in [0.4, 0.5) is 5.69 Å². The maximum atomic E-state index is 12.4. The zero-order valence-corrected chi connectivity index (χ0v) is 17.0. The van der Waals surface area contributed by atoms with E-state index < -0.39 is 30.3 Å². The number of esters is 1. The number of nitrogens with zero attached hydrogens (tertiary/aromatic N) is 1. The lowest BCUT2D eigenvalue weighted by Gasteiger charge is -2.12. The zero-order chi connectivity index (χ0) is 22.5. The number of rotatable bonds is 8. The molecule has 9 nitrogen and oxygen atoms in total. The highest BCUT2D eigenvalue weighted by atomic mass is 16.5. The molecular formula is C22H20N2O7. The third kappa shape index (κ3) is 4.40. The Balaban J connectivity index is 1.64. The lowest BCUT2D eigenvalue weighted by molar-refractivity contribution is -0.119. The van der Waals surface area contributed by atoms with Crippen molar-refractivity contribution in [3.8, 4) is 11.5 Å². The van der Waals surface area contributed by atoms with E-state index in [2.05, 4.69) is 11.9 Å². The summed E-state index contributed by atoms with van der Waals surface area (Å²) in [5, 5.41) is 2.58. The maximum absolute atomic E-state index is 12.4. The molecule has 9 heteroatoms. The van der Waals surface area contributed by atoms with Crippen molar-refractivity contribution in [3.05, 3.63) is 65.7 Å². The molecule has 2 aromatic rings. The molecule has 0 saturated heterocycles. The number of amides is 3. The zero-order valence-electron chi connectivity index (χ0n) is 17.0. The Morgan fingerprint density at radius 2 is 1.77 bits per heavy atom. The topological polar surface area (TPSA) is 111 Å². The Morgan fingerprint density at radius 3 is 2.45 bits per heavy atom. The minimum atomic E-state index is -0.804. The number of nitrogens with one attached hydrogen (secondary N) is 1. The van der Waals surface area contributed by atoms with E-state index in [9.17, 15) is 19.2 Å². The van der Waals surface area contributed by atoms with Gasteiger partial charge in [0, 0.05) is 12.6 Å². The molecule has 0 fully saturated rings. The highest BCUT2D eigenvalue weighted by Gasteiger charge is 2.35. The van der Waals surface area contributed by atoms with E-state index in [1.54, 1.807) is 18.2 Å². The first-order chi connectivity index (χ1) is 14.9. The summed E-state index contributed by atoms with van der Waals surface area (Å²) in [7, 11) is 2.95. The van der Waals surface area contributed by atoms with Crippen LogP contribution < -0.4 is 14.8 Å². The molecule has 160 valence electrons. The van der Waals surface area contributed by atoms with Crippen molar-refractivity contribution >= 4 is 29.4 Å². The van der Waals surface area contributed by atoms with Crippen molar-refractivity contribution < 1.29 is 33.4 Å². The van der Waals surface area contributed by atoms with E-state index >= 15 is 0 Å². The minimum absolute atomic E-state index is 0.0511. The van der Waals surface area contributed by atoms with E-state index in [1.807, 2.05) is 0 Å². The van der Waals surface area contributed by atoms with Gasteiger partial charge in [-0.3, -0.25) is 19.3 Å². The Kier molecular flexibility index (Phi) is 6.35. The number of hydrogen-bond donors (Lipinski definition) is 1. The number of benzene rings is 2. The number of carbonyl (C=O) groups excluding carboxylic acids is 4. The lowest BCUT2D eigenvalue weighted by Crippen LogP contribution is -2.29. The fourth-order valence-corrected chi connectivity index (χ4v) is 3.02. The molecule has 3 amide bonds. The normalized spacial score (nSPS) is 12.3. The van der Waals surface area contributed by atoms with Crippen LogP contribution in [0, 0.1) is 0 Å². The standard InChI is InChI=1S/C22H20N2O7/c1-4-9-24-20(26)15-7-5-13(10-16(15)21(24)27)22(28)31-12-19(25)23-17-8-6-14(29-2)11-18(17)30-3/h4-8,10-11H,1,9,12H2,2-3H3,(H,23,25). The smallest absolute Gasteiger partial charge is 0.338 e. The summed E-state index contributed by atoms with van der Waals surface area (Å²) < 4.78 is 15.3. The van der Waals surface area contributed by atoms with Crippen molar-refractivity contribution in [1.82, 2.24) is 4.90 Å². The largest absolute Gasteiger partial charge is 0.497 e. The van der Waals surface area contributed by atoms with Crippen LogP contribution in [0.2, 0.25) is 0 Å². The second-order valence-electron chi connectivity index (χ2n) is 6.46. The second kappa shape index (κ2) is 9.12. The summed E-state index contributed by atoms with van der Waals surface area (Å²) in [6, 6.07) is 8.87. The number of methoxy groups -OCH3 is 2. The lowest BCUT2D eigenvalue weighted by atomic mass is 10.1. The van der Waals surface area contributed by atoms with Crippen LogP contribution in [0.15, 0.2) is 49.1 Å². The van der Waals surface area contributed by atoms with Crippen LogP contribution in [-0.2, 0) is 9.53 Å². The number of ether oxygens (including phenoxy) is 3. The first-order valence-corrected chi connectivity index (χ1v) is 9.19. The third-order valence-corrected chi connectivity index (χ3v) is 4.54. The fraction of sp³-hybridized carbons (Fsp3) is 0.182. The summed E-state index contributed by atoms with van der Waals surface area (Å²) in [5.41, 5.74) is 0.741. The molecule has 0 aliphatic carbocycles. The van der Waals surface area contributed by atoms with E-state index in [0.29, 0.717) is 17.2 Å². The molecule has 1 N–H and O–H groups in total. The van der Waals surface area contributed by atoms with Gasteiger partial charge in [-0.1, -0.05) is 6.08 Å². The van der Waals surface area contributed by atoms with Gasteiger partial charge in [0.05, 0.1) is 36.6 Å². The summed E-state index contributed by atoms with van der Waals surface area (Å²) in [6.07, 6.45) is 1.44. The van der Waals surface area contributed by atoms with Crippen LogP contribution in [-0.4, -0.2) is 56.0 Å². The van der Waals surface area contributed by atoms with Gasteiger partial charge in [0.25, 0.3) is 17.7 Å². The Hall–Kier alpha value is -4.14. The van der Waals surface area contributed by atoms with Gasteiger partial charge in [-0.2, -0.15) is 0 Å². The Labute approximate surface area is 178 Å². The van der Waals surface area contributed by atoms with Gasteiger partial charge in [-0.15, -0.1) is 6.58 Å². The average Bonchev–Trinajstić information content (AvgIpc) is 3.02. The second-order valence-corrected chi connectivity index (χ2v) is 6.46. The summed E-state index contributed by atoms with van der Waals surface area (Å²) in [4.78, 5) is 50.1. The molecule has 0 radical (unpaired) electrons. The van der Waals surface area contributed by atoms with Crippen LogP contribution in [0.25, 0.3) is 0 Å². The fourth-order valence-electron chi connectivity index (χ4n) is 3.02. The van der Waals surface area contributed by atoms with Crippen molar-refractivity contribution in [2.45, 2.75) is 0 Å². The van der Waals surface area contributed by atoms with Gasteiger partial charge in [0.2, 0.25) is 0 Å². The van der Waals surface area contributed by atoms with Crippen molar-refractivity contribution in [2.75, 3.05) is 32.7 Å². The molecule has 1 aliphatic heterocycles. The SMILES string of the molecule is C=CCN1C(=O)c2ccc(C(=O)OCC(=O)Nc3ccc(OC)cc3OC)cc2C1=O. The summed E-state index contributed by atoms with van der Waals surface area (Å²) in [5.74, 6) is -1.42. The van der Waals surface area contributed by atoms with Crippen molar-refractivity contribution in [1.29, 1.82) is 0 Å². The van der Waals surface area contributed by atoms with E-state index in [1.165, 1.54) is 38.5 Å². The van der Waals surface area contributed by atoms with Gasteiger partial charge in [-0.25, -0.2) is 4.79 Å². The third-order valence-electron chi connectivity index (χ3n) is 4.54. The molecule has 31 heavy (non-hydrogen) atoms. The number of imide groups is 1. The predicted molar refractivity (Wildman–Crippen MR) is 110 cm³/mol. The van der Waals surface area contributed by atoms with Crippen molar-refractivity contribution in [3.63, 3.8) is 0 Å². The summed E-state index contributed by atoms with van der Waals surface area (Å²) >= 11 is 0. The monoisotopic (exact) mass is 424 g/mol. The molecule has 0 spiro atoms. The van der Waals surface area contributed by atoms with Gasteiger partial charge >= 0.3 is 5.97 Å². The number of anilines is 1. The molecule has 3 rings (SSSR count). The van der Waals surface area contributed by atoms with Crippen LogP contribution in [0.1, 0.15) is 31.1 Å². The quantitative estimate of drug-likeness (QED) is 0.393. The van der Waals surface area contributed by atoms with E-state index in [4.69, 9.17) is 14.2 Å². The van der Waals surface area contributed by atoms with Crippen LogP contribution in [0.3, 0.4) is 0 Å². The molecule has 0 unspecified atom stereocenters. The molecule has 2 aromatic carbocycles. The van der Waals surface area contributed by atoms with Crippen LogP contribution >= 0.6 is 0 Å². The molecule has 0 saturated carbocycles. The van der Waals surface area contributed by atoms with Gasteiger partial charge < -0.3 is 19.5 Å². The van der Waals surface area contributed by atoms with E-state index in [-0.39, 0.29) is 23.2 Å². The number of hydrogen-bond acceptors (Lipinski definition) is 7. The van der Waals surface area contributed by atoms with Crippen LogP contribution in [0.5, 0.6) is 11.5 Å². The first kappa shape index (κ1) is 21.6. The number of carbonyl (C=O) groups is 4. The van der Waals surface area contributed by atoms with Gasteiger partial charge in [0.15, 0.2) is 6.61 Å². The highest BCUT2D eigenvalue weighted by Crippen LogP contribution is 2.29. The molecule has 0 aromatic heterocycles. The summed E-state index contributed by atoms with van der Waals surface area (Å²) in [6.45, 7) is 3.04. The Bertz CT molecular complexity index is 1080. The molecule has 1 aliphatic rings. The minimum Gasteiger partial charge on any atom is -0.497 e. The molecule has 0 atom stereocenters. The predicted octanol–water partition coefficient (Wildman–Crippen LogP) is 2.28. The number of fused-ring (bicyclic) bond motifs is 1. The first-order valence-electron chi connectivity index (χ1n) is 9.19. The van der Waals surface area contributed by atoms with Gasteiger partial charge in [0.1, 0.15) is 11.5 Å². The molecular weight excluding hydrogens is 404 g/mol. The van der Waals surface area contributed by atoms with Crippen molar-refractivity contribution in [2.24, 2.45) is 0 Å². The average molecular weight is 424 g/mol. The van der Waals surface area contributed by atoms with Gasteiger partial charge in [-0.05, 0) is 30.3 Å². The van der Waals surface area contributed by atoms with E-state index in [0.717, 1.165) is 4.90 Å². The molecule has 1 heterocycles. The maximum Gasteiger partial charge on any atom is 0.338 e. The highest BCUT2D eigenvalue weighted by molar-refractivity contribution is 6.22.